The van der Waals surface area contributed by atoms with Crippen LogP contribution in [0.15, 0.2) is 77.0 Å². The van der Waals surface area contributed by atoms with E-state index in [1.165, 1.54) is 37.5 Å². The first-order valence-electron chi connectivity index (χ1n) is 10.1. The number of anilines is 2. The van der Waals surface area contributed by atoms with E-state index < -0.39 is 23.6 Å². The lowest BCUT2D eigenvalue weighted by Gasteiger charge is -2.14. The summed E-state index contributed by atoms with van der Waals surface area (Å²) in [6, 6.07) is 13.7. The van der Waals surface area contributed by atoms with Gasteiger partial charge in [-0.2, -0.15) is 13.2 Å². The SMILES string of the molecule is CC(=O)Nc1ccc(C2=C(Nc3cccc(C(F)(F)F)c3)C(=O)N(Cc3ccco3)C2=O)cc1. The van der Waals surface area contributed by atoms with Crippen LogP contribution in [0.25, 0.3) is 5.57 Å². The molecule has 2 aromatic carbocycles. The number of alkyl halides is 3. The summed E-state index contributed by atoms with van der Waals surface area (Å²) in [6.45, 7) is 1.20. The molecule has 7 nitrogen and oxygen atoms in total. The minimum Gasteiger partial charge on any atom is -0.467 e. The van der Waals surface area contributed by atoms with Crippen LogP contribution in [0, 0.1) is 0 Å². The zero-order valence-corrected chi connectivity index (χ0v) is 17.8. The molecule has 1 aliphatic rings. The van der Waals surface area contributed by atoms with Crippen LogP contribution < -0.4 is 10.6 Å². The molecule has 1 aromatic heterocycles. The van der Waals surface area contributed by atoms with E-state index in [0.717, 1.165) is 17.0 Å². The molecule has 1 aliphatic heterocycles. The van der Waals surface area contributed by atoms with Gasteiger partial charge in [0, 0.05) is 18.3 Å². The van der Waals surface area contributed by atoms with Gasteiger partial charge in [0.25, 0.3) is 11.8 Å². The molecule has 0 saturated carbocycles. The van der Waals surface area contributed by atoms with E-state index in [9.17, 15) is 27.6 Å². The Bertz CT molecular complexity index is 1280. The van der Waals surface area contributed by atoms with Gasteiger partial charge in [-0.1, -0.05) is 18.2 Å². The third-order valence-corrected chi connectivity index (χ3v) is 5.02. The Labute approximate surface area is 191 Å². The predicted octanol–water partition coefficient (Wildman–Crippen LogP) is 4.65. The summed E-state index contributed by atoms with van der Waals surface area (Å²) in [5.74, 6) is -1.26. The van der Waals surface area contributed by atoms with E-state index >= 15 is 0 Å². The standard InChI is InChI=1S/C24H18F3N3O4/c1-14(31)28-17-9-7-15(8-10-17)20-21(29-18-5-2-4-16(12-18)24(25,26)27)23(33)30(22(20)32)13-19-6-3-11-34-19/h2-12,29H,13H2,1H3,(H,28,31). The minimum atomic E-state index is -4.57. The first-order chi connectivity index (χ1) is 16.1. The molecule has 2 heterocycles. The summed E-state index contributed by atoms with van der Waals surface area (Å²) < 4.78 is 44.7. The maximum atomic E-state index is 13.2. The zero-order valence-electron chi connectivity index (χ0n) is 17.8. The van der Waals surface area contributed by atoms with Crippen LogP contribution in [0.2, 0.25) is 0 Å². The molecule has 0 atom stereocenters. The highest BCUT2D eigenvalue weighted by atomic mass is 19.4. The van der Waals surface area contributed by atoms with Gasteiger partial charge in [-0.25, -0.2) is 0 Å². The Morgan fingerprint density at radius 2 is 1.71 bits per heavy atom. The Hall–Kier alpha value is -4.34. The predicted molar refractivity (Wildman–Crippen MR) is 117 cm³/mol. The number of nitrogens with one attached hydrogen (secondary N) is 2. The second-order valence-corrected chi connectivity index (χ2v) is 7.49. The molecule has 0 fully saturated rings. The van der Waals surface area contributed by atoms with E-state index in [1.54, 1.807) is 24.3 Å². The number of carbonyl (C=O) groups excluding carboxylic acids is 3. The Kier molecular flexibility index (Phi) is 5.97. The molecule has 3 amide bonds. The van der Waals surface area contributed by atoms with Crippen LogP contribution in [0.1, 0.15) is 23.8 Å². The lowest BCUT2D eigenvalue weighted by molar-refractivity contribution is -0.138. The largest absolute Gasteiger partial charge is 0.467 e. The van der Waals surface area contributed by atoms with E-state index in [0.29, 0.717) is 17.0 Å². The van der Waals surface area contributed by atoms with Gasteiger partial charge < -0.3 is 15.1 Å². The normalized spacial score (nSPS) is 14.1. The van der Waals surface area contributed by atoms with Crippen LogP contribution in [0.5, 0.6) is 0 Å². The fourth-order valence-electron chi connectivity index (χ4n) is 3.50. The highest BCUT2D eigenvalue weighted by Crippen LogP contribution is 2.34. The second-order valence-electron chi connectivity index (χ2n) is 7.49. The maximum absolute atomic E-state index is 13.2. The third-order valence-electron chi connectivity index (χ3n) is 5.02. The molecular formula is C24H18F3N3O4. The van der Waals surface area contributed by atoms with Crippen molar-refractivity contribution in [2.45, 2.75) is 19.6 Å². The number of nitrogens with zero attached hydrogens (tertiary/aromatic N) is 1. The van der Waals surface area contributed by atoms with Crippen molar-refractivity contribution in [2.75, 3.05) is 10.6 Å². The molecule has 4 rings (SSSR count). The summed E-state index contributed by atoms with van der Waals surface area (Å²) in [5.41, 5.74) is -0.245. The zero-order chi connectivity index (χ0) is 24.5. The minimum absolute atomic E-state index is 0.00168. The summed E-state index contributed by atoms with van der Waals surface area (Å²) in [6.07, 6.45) is -3.17. The summed E-state index contributed by atoms with van der Waals surface area (Å²) >= 11 is 0. The van der Waals surface area contributed by atoms with Crippen molar-refractivity contribution in [3.8, 4) is 0 Å². The molecule has 0 bridgehead atoms. The van der Waals surface area contributed by atoms with Crippen molar-refractivity contribution in [2.24, 2.45) is 0 Å². The molecule has 0 unspecified atom stereocenters. The molecule has 0 saturated heterocycles. The first-order valence-corrected chi connectivity index (χ1v) is 10.1. The van der Waals surface area contributed by atoms with E-state index in [-0.39, 0.29) is 29.4 Å². The third kappa shape index (κ3) is 4.70. The number of carbonyl (C=O) groups is 3. The molecule has 3 aromatic rings. The van der Waals surface area contributed by atoms with E-state index in [4.69, 9.17) is 4.42 Å². The van der Waals surface area contributed by atoms with Gasteiger partial charge in [0.2, 0.25) is 5.91 Å². The molecule has 0 aliphatic carbocycles. The van der Waals surface area contributed by atoms with Crippen LogP contribution >= 0.6 is 0 Å². The fraction of sp³-hybridized carbons (Fsp3) is 0.125. The molecule has 10 heteroatoms. The highest BCUT2D eigenvalue weighted by Gasteiger charge is 2.40. The average Bonchev–Trinajstić information content (AvgIpc) is 3.37. The first kappa shape index (κ1) is 22.8. The molecule has 34 heavy (non-hydrogen) atoms. The molecular weight excluding hydrogens is 451 g/mol. The Balaban J connectivity index is 1.74. The molecule has 0 radical (unpaired) electrons. The van der Waals surface area contributed by atoms with Gasteiger partial charge in [-0.05, 0) is 48.0 Å². The quantitative estimate of drug-likeness (QED) is 0.513. The number of amides is 3. The van der Waals surface area contributed by atoms with Crippen molar-refractivity contribution < 1.29 is 32.0 Å². The van der Waals surface area contributed by atoms with Gasteiger partial charge in [0.05, 0.1) is 23.9 Å². The lowest BCUT2D eigenvalue weighted by atomic mass is 10.0. The van der Waals surface area contributed by atoms with E-state index in [2.05, 4.69) is 10.6 Å². The average molecular weight is 469 g/mol. The number of benzene rings is 2. The number of hydrogen-bond acceptors (Lipinski definition) is 5. The number of furan rings is 1. The smallest absolute Gasteiger partial charge is 0.416 e. The lowest BCUT2D eigenvalue weighted by Crippen LogP contribution is -2.31. The van der Waals surface area contributed by atoms with Gasteiger partial charge in [0.1, 0.15) is 11.5 Å². The van der Waals surface area contributed by atoms with Crippen molar-refractivity contribution in [1.82, 2.24) is 4.90 Å². The maximum Gasteiger partial charge on any atom is 0.416 e. The van der Waals surface area contributed by atoms with Gasteiger partial charge in [0.15, 0.2) is 0 Å². The van der Waals surface area contributed by atoms with Crippen molar-refractivity contribution >= 4 is 34.7 Å². The van der Waals surface area contributed by atoms with E-state index in [1.807, 2.05) is 0 Å². The number of halogens is 3. The summed E-state index contributed by atoms with van der Waals surface area (Å²) in [7, 11) is 0. The van der Waals surface area contributed by atoms with Gasteiger partial charge in [-0.15, -0.1) is 0 Å². The monoisotopic (exact) mass is 469 g/mol. The van der Waals surface area contributed by atoms with Crippen LogP contribution in [0.4, 0.5) is 24.5 Å². The molecule has 2 N–H and O–H groups in total. The van der Waals surface area contributed by atoms with Gasteiger partial charge >= 0.3 is 6.18 Å². The highest BCUT2D eigenvalue weighted by molar-refractivity contribution is 6.36. The van der Waals surface area contributed by atoms with Crippen molar-refractivity contribution in [3.63, 3.8) is 0 Å². The fourth-order valence-corrected chi connectivity index (χ4v) is 3.50. The Morgan fingerprint density at radius 3 is 2.32 bits per heavy atom. The molecule has 174 valence electrons. The van der Waals surface area contributed by atoms with Crippen LogP contribution in [0.3, 0.4) is 0 Å². The van der Waals surface area contributed by atoms with Crippen LogP contribution in [-0.2, 0) is 27.1 Å². The van der Waals surface area contributed by atoms with Gasteiger partial charge in [-0.3, -0.25) is 19.3 Å². The Morgan fingerprint density at radius 1 is 0.971 bits per heavy atom. The second kappa shape index (κ2) is 8.89. The summed E-state index contributed by atoms with van der Waals surface area (Å²) in [5, 5.41) is 5.31. The van der Waals surface area contributed by atoms with Crippen LogP contribution in [-0.4, -0.2) is 22.6 Å². The number of rotatable bonds is 6. The van der Waals surface area contributed by atoms with Crippen molar-refractivity contribution in [1.29, 1.82) is 0 Å². The van der Waals surface area contributed by atoms with Crippen molar-refractivity contribution in [3.05, 3.63) is 89.5 Å². The number of imide groups is 1. The summed E-state index contributed by atoms with van der Waals surface area (Å²) in [4.78, 5) is 38.7. The topological polar surface area (TPSA) is 91.7 Å². The number of hydrogen-bond donors (Lipinski definition) is 2. The molecule has 0 spiro atoms.